The van der Waals surface area contributed by atoms with Gasteiger partial charge in [0.05, 0.1) is 18.3 Å². The summed E-state index contributed by atoms with van der Waals surface area (Å²) in [4.78, 5) is 14.0. The Hall–Kier alpha value is -1.85. The van der Waals surface area contributed by atoms with Gasteiger partial charge >= 0.3 is 5.69 Å². The Kier molecular flexibility index (Phi) is 2.89. The van der Waals surface area contributed by atoms with Crippen LogP contribution >= 0.6 is 0 Å². The van der Waals surface area contributed by atoms with Crippen LogP contribution in [0.5, 0.6) is 0 Å². The number of nitrogens with one attached hydrogen (secondary N) is 1. The molecule has 0 aliphatic heterocycles. The smallest absolute Gasteiger partial charge is 0.330 e. The van der Waals surface area contributed by atoms with Gasteiger partial charge in [0, 0.05) is 12.4 Å². The van der Waals surface area contributed by atoms with E-state index in [-0.39, 0.29) is 12.3 Å². The molecule has 0 amide bonds. The molecule has 84 valence electrons. The molecule has 4 N–H and O–H groups in total. The molecule has 0 saturated heterocycles. The number of para-hydroxylation sites is 1. The van der Waals surface area contributed by atoms with Crippen LogP contribution in [0, 0.1) is 0 Å². The largest absolute Gasteiger partial charge is 0.394 e. The van der Waals surface area contributed by atoms with Crippen molar-refractivity contribution in [2.24, 2.45) is 5.73 Å². The molecule has 1 aromatic heterocycles. The SMILES string of the molecule is NC(CO)c1ccccc1-n1cc[nH]c1=O. The van der Waals surface area contributed by atoms with E-state index in [1.54, 1.807) is 24.5 Å². The molecule has 0 radical (unpaired) electrons. The summed E-state index contributed by atoms with van der Waals surface area (Å²) in [5.41, 5.74) is 6.98. The van der Waals surface area contributed by atoms with Gasteiger partial charge in [0.2, 0.25) is 0 Å². The van der Waals surface area contributed by atoms with Crippen molar-refractivity contribution in [3.63, 3.8) is 0 Å². The minimum Gasteiger partial charge on any atom is -0.394 e. The summed E-state index contributed by atoms with van der Waals surface area (Å²) in [6, 6.07) is 6.75. The van der Waals surface area contributed by atoms with E-state index in [1.807, 2.05) is 12.1 Å². The molecular formula is C11H13N3O2. The fraction of sp³-hybridized carbons (Fsp3) is 0.182. The number of aromatic amines is 1. The van der Waals surface area contributed by atoms with E-state index in [0.29, 0.717) is 5.69 Å². The van der Waals surface area contributed by atoms with Gasteiger partial charge in [-0.05, 0) is 11.6 Å². The molecule has 0 saturated carbocycles. The fourth-order valence-corrected chi connectivity index (χ4v) is 1.63. The van der Waals surface area contributed by atoms with Crippen LogP contribution in [0.1, 0.15) is 11.6 Å². The second-order valence-corrected chi connectivity index (χ2v) is 3.48. The molecule has 5 nitrogen and oxygen atoms in total. The monoisotopic (exact) mass is 219 g/mol. The third kappa shape index (κ3) is 1.78. The first-order valence-corrected chi connectivity index (χ1v) is 4.96. The molecule has 5 heteroatoms. The molecule has 16 heavy (non-hydrogen) atoms. The van der Waals surface area contributed by atoms with Gasteiger partial charge in [-0.2, -0.15) is 0 Å². The predicted molar refractivity (Wildman–Crippen MR) is 60.4 cm³/mol. The van der Waals surface area contributed by atoms with Gasteiger partial charge < -0.3 is 15.8 Å². The van der Waals surface area contributed by atoms with Crippen LogP contribution in [0.25, 0.3) is 5.69 Å². The summed E-state index contributed by atoms with van der Waals surface area (Å²) >= 11 is 0. The van der Waals surface area contributed by atoms with E-state index in [4.69, 9.17) is 10.8 Å². The van der Waals surface area contributed by atoms with E-state index < -0.39 is 6.04 Å². The number of aliphatic hydroxyl groups excluding tert-OH is 1. The van der Waals surface area contributed by atoms with E-state index in [2.05, 4.69) is 4.98 Å². The number of aliphatic hydroxyl groups is 1. The zero-order valence-electron chi connectivity index (χ0n) is 8.63. The maximum absolute atomic E-state index is 11.5. The minimum atomic E-state index is -0.488. The molecule has 1 heterocycles. The Morgan fingerprint density at radius 2 is 2.19 bits per heavy atom. The number of nitrogens with two attached hydrogens (primary N) is 1. The second kappa shape index (κ2) is 4.34. The molecular weight excluding hydrogens is 206 g/mol. The highest BCUT2D eigenvalue weighted by molar-refractivity contribution is 5.42. The highest BCUT2D eigenvalue weighted by atomic mass is 16.3. The van der Waals surface area contributed by atoms with Gasteiger partial charge in [0.1, 0.15) is 0 Å². The zero-order chi connectivity index (χ0) is 11.5. The lowest BCUT2D eigenvalue weighted by molar-refractivity contribution is 0.268. The summed E-state index contributed by atoms with van der Waals surface area (Å²) in [6.45, 7) is -0.157. The predicted octanol–water partition coefficient (Wildman–Crippen LogP) is 0.158. The fourth-order valence-electron chi connectivity index (χ4n) is 1.63. The molecule has 0 aliphatic rings. The number of aromatic nitrogens is 2. The van der Waals surface area contributed by atoms with E-state index in [0.717, 1.165) is 5.56 Å². The molecule has 0 bridgehead atoms. The third-order valence-corrected chi connectivity index (χ3v) is 2.44. The van der Waals surface area contributed by atoms with E-state index in [1.165, 1.54) is 4.57 Å². The van der Waals surface area contributed by atoms with Gasteiger partial charge in [0.15, 0.2) is 0 Å². The Bertz CT molecular complexity index is 530. The normalized spacial score (nSPS) is 12.6. The number of imidazole rings is 1. The summed E-state index contributed by atoms with van der Waals surface area (Å²) in [5, 5.41) is 9.06. The number of hydrogen-bond donors (Lipinski definition) is 3. The molecule has 0 fully saturated rings. The number of hydrogen-bond acceptors (Lipinski definition) is 3. The Labute approximate surface area is 92.2 Å². The number of H-pyrrole nitrogens is 1. The van der Waals surface area contributed by atoms with Gasteiger partial charge in [0.25, 0.3) is 0 Å². The summed E-state index contributed by atoms with van der Waals surface area (Å²) in [6.07, 6.45) is 3.19. The van der Waals surface area contributed by atoms with E-state index >= 15 is 0 Å². The first-order valence-electron chi connectivity index (χ1n) is 4.96. The number of rotatable bonds is 3. The standard InChI is InChI=1S/C11H13N3O2/c12-9(7-15)8-3-1-2-4-10(8)14-6-5-13-11(14)16/h1-6,9,15H,7,12H2,(H,13,16). The quantitative estimate of drug-likeness (QED) is 0.687. The molecule has 0 aliphatic carbocycles. The molecule has 1 aromatic carbocycles. The van der Waals surface area contributed by atoms with Gasteiger partial charge in [-0.3, -0.25) is 4.57 Å². The lowest BCUT2D eigenvalue weighted by Crippen LogP contribution is -2.21. The van der Waals surface area contributed by atoms with Crippen LogP contribution in [0.2, 0.25) is 0 Å². The first kappa shape index (κ1) is 10.7. The first-order chi connectivity index (χ1) is 7.74. The Morgan fingerprint density at radius 3 is 2.81 bits per heavy atom. The third-order valence-electron chi connectivity index (χ3n) is 2.44. The van der Waals surface area contributed by atoms with Crippen LogP contribution in [-0.2, 0) is 0 Å². The van der Waals surface area contributed by atoms with Crippen LogP contribution < -0.4 is 11.4 Å². The van der Waals surface area contributed by atoms with Gasteiger partial charge in [-0.1, -0.05) is 18.2 Å². The van der Waals surface area contributed by atoms with E-state index in [9.17, 15) is 4.79 Å². The maximum atomic E-state index is 11.5. The van der Waals surface area contributed by atoms with Gasteiger partial charge in [-0.15, -0.1) is 0 Å². The summed E-state index contributed by atoms with van der Waals surface area (Å²) in [5.74, 6) is 0. The van der Waals surface area contributed by atoms with Crippen molar-refractivity contribution in [1.29, 1.82) is 0 Å². The topological polar surface area (TPSA) is 84.0 Å². The van der Waals surface area contributed by atoms with Crippen molar-refractivity contribution in [3.05, 3.63) is 52.7 Å². The lowest BCUT2D eigenvalue weighted by atomic mass is 10.1. The van der Waals surface area contributed by atoms with Crippen LogP contribution in [0.15, 0.2) is 41.5 Å². The lowest BCUT2D eigenvalue weighted by Gasteiger charge is -2.13. The average Bonchev–Trinajstić information content (AvgIpc) is 2.74. The maximum Gasteiger partial charge on any atom is 0.330 e. The summed E-state index contributed by atoms with van der Waals surface area (Å²) in [7, 11) is 0. The second-order valence-electron chi connectivity index (χ2n) is 3.48. The number of nitrogens with zero attached hydrogens (tertiary/aromatic N) is 1. The van der Waals surface area contributed by atoms with Crippen molar-refractivity contribution in [2.45, 2.75) is 6.04 Å². The molecule has 0 spiro atoms. The molecule has 1 unspecified atom stereocenters. The van der Waals surface area contributed by atoms with Crippen molar-refractivity contribution in [2.75, 3.05) is 6.61 Å². The Morgan fingerprint density at radius 1 is 1.44 bits per heavy atom. The Balaban J connectivity index is 2.57. The van der Waals surface area contributed by atoms with Crippen molar-refractivity contribution < 1.29 is 5.11 Å². The average molecular weight is 219 g/mol. The summed E-state index contributed by atoms with van der Waals surface area (Å²) < 4.78 is 1.46. The molecule has 2 aromatic rings. The highest BCUT2D eigenvalue weighted by Crippen LogP contribution is 2.18. The van der Waals surface area contributed by atoms with Gasteiger partial charge in [-0.25, -0.2) is 4.79 Å². The van der Waals surface area contributed by atoms with Crippen molar-refractivity contribution in [3.8, 4) is 5.69 Å². The van der Waals surface area contributed by atoms with Crippen molar-refractivity contribution >= 4 is 0 Å². The zero-order valence-corrected chi connectivity index (χ0v) is 8.63. The highest BCUT2D eigenvalue weighted by Gasteiger charge is 2.11. The van der Waals surface area contributed by atoms with Crippen LogP contribution in [-0.4, -0.2) is 21.3 Å². The molecule has 2 rings (SSSR count). The number of benzene rings is 1. The van der Waals surface area contributed by atoms with Crippen molar-refractivity contribution in [1.82, 2.24) is 9.55 Å². The van der Waals surface area contributed by atoms with Crippen LogP contribution in [0.4, 0.5) is 0 Å². The molecule has 1 atom stereocenters. The minimum absolute atomic E-state index is 0.157. The van der Waals surface area contributed by atoms with Crippen LogP contribution in [0.3, 0.4) is 0 Å².